The van der Waals surface area contributed by atoms with Gasteiger partial charge in [0, 0.05) is 17.3 Å². The van der Waals surface area contributed by atoms with E-state index in [-0.39, 0.29) is 0 Å². The van der Waals surface area contributed by atoms with Gasteiger partial charge < -0.3 is 14.8 Å². The minimum Gasteiger partial charge on any atom is -0.490 e. The van der Waals surface area contributed by atoms with Crippen molar-refractivity contribution >= 4 is 17.3 Å². The van der Waals surface area contributed by atoms with Crippen LogP contribution in [0.5, 0.6) is 11.5 Å². The monoisotopic (exact) mass is 395 g/mol. The first-order valence-corrected chi connectivity index (χ1v) is 9.87. The Bertz CT molecular complexity index is 940. The average Bonchev–Trinajstić information content (AvgIpc) is 2.68. The van der Waals surface area contributed by atoms with E-state index in [0.717, 1.165) is 38.9 Å². The van der Waals surface area contributed by atoms with Gasteiger partial charge in [0.1, 0.15) is 6.61 Å². The molecule has 1 N–H and O–H groups in total. The second-order valence-corrected chi connectivity index (χ2v) is 7.22. The van der Waals surface area contributed by atoms with Gasteiger partial charge in [0.15, 0.2) is 11.5 Å². The zero-order valence-corrected chi connectivity index (χ0v) is 17.3. The molecule has 0 radical (unpaired) electrons. The Morgan fingerprint density at radius 1 is 0.857 bits per heavy atom. The van der Waals surface area contributed by atoms with Gasteiger partial charge in [-0.15, -0.1) is 0 Å². The fourth-order valence-electron chi connectivity index (χ4n) is 2.92. The summed E-state index contributed by atoms with van der Waals surface area (Å²) in [6.45, 7) is 7.84. The second kappa shape index (κ2) is 9.52. The van der Waals surface area contributed by atoms with Crippen LogP contribution >= 0.6 is 11.6 Å². The molecule has 0 aromatic heterocycles. The number of hydrogen-bond donors (Lipinski definition) is 1. The van der Waals surface area contributed by atoms with Crippen molar-refractivity contribution in [1.29, 1.82) is 0 Å². The van der Waals surface area contributed by atoms with Gasteiger partial charge in [-0.3, -0.25) is 0 Å². The molecule has 0 unspecified atom stereocenters. The Morgan fingerprint density at radius 2 is 1.71 bits per heavy atom. The molecule has 0 atom stereocenters. The normalized spacial score (nSPS) is 10.6. The summed E-state index contributed by atoms with van der Waals surface area (Å²) in [7, 11) is 0. The van der Waals surface area contributed by atoms with Crippen LogP contribution in [0.4, 0.5) is 5.69 Å². The topological polar surface area (TPSA) is 30.5 Å². The highest BCUT2D eigenvalue weighted by atomic mass is 35.5. The molecule has 0 heterocycles. The predicted molar refractivity (Wildman–Crippen MR) is 117 cm³/mol. The fraction of sp³-hybridized carbons (Fsp3) is 0.250. The van der Waals surface area contributed by atoms with Crippen LogP contribution in [0.3, 0.4) is 0 Å². The molecule has 0 bridgehead atoms. The molecule has 0 fully saturated rings. The van der Waals surface area contributed by atoms with E-state index in [1.165, 1.54) is 5.56 Å². The van der Waals surface area contributed by atoms with E-state index in [2.05, 4.69) is 36.5 Å². The third-order valence-electron chi connectivity index (χ3n) is 4.45. The number of halogens is 1. The van der Waals surface area contributed by atoms with Crippen molar-refractivity contribution in [2.24, 2.45) is 0 Å². The summed E-state index contributed by atoms with van der Waals surface area (Å²) in [5, 5.41) is 4.16. The summed E-state index contributed by atoms with van der Waals surface area (Å²) >= 11 is 6.20. The lowest BCUT2D eigenvalue weighted by Crippen LogP contribution is -2.03. The number of benzene rings is 3. The van der Waals surface area contributed by atoms with Gasteiger partial charge in [0.2, 0.25) is 0 Å². The predicted octanol–water partition coefficient (Wildman–Crippen LogP) is 6.55. The first kappa shape index (κ1) is 20.1. The van der Waals surface area contributed by atoms with Gasteiger partial charge in [-0.25, -0.2) is 0 Å². The summed E-state index contributed by atoms with van der Waals surface area (Å²) in [5.41, 5.74) is 5.55. The van der Waals surface area contributed by atoms with Crippen molar-refractivity contribution in [3.05, 3.63) is 87.9 Å². The van der Waals surface area contributed by atoms with E-state index < -0.39 is 0 Å². The van der Waals surface area contributed by atoms with E-state index in [9.17, 15) is 0 Å². The Hall–Kier alpha value is -2.65. The number of aryl methyl sites for hydroxylation is 2. The van der Waals surface area contributed by atoms with Gasteiger partial charge in [0.25, 0.3) is 0 Å². The number of nitrogens with one attached hydrogen (secondary N) is 1. The molecule has 0 spiro atoms. The van der Waals surface area contributed by atoms with Crippen LogP contribution in [0.25, 0.3) is 0 Å². The molecule has 0 aliphatic heterocycles. The highest BCUT2D eigenvalue weighted by molar-refractivity contribution is 6.31. The van der Waals surface area contributed by atoms with Crippen LogP contribution in [0.1, 0.15) is 29.2 Å². The first-order valence-electron chi connectivity index (χ1n) is 9.49. The minimum atomic E-state index is 0.515. The van der Waals surface area contributed by atoms with Crippen LogP contribution in [0.15, 0.2) is 60.7 Å². The number of rotatable bonds is 8. The van der Waals surface area contributed by atoms with Crippen LogP contribution in [0, 0.1) is 13.8 Å². The zero-order chi connectivity index (χ0) is 19.9. The SMILES string of the molecule is CCOc1cc(CNc2ccc(C)c(Cl)c2)ccc1OCc1cccc(C)c1. The summed E-state index contributed by atoms with van der Waals surface area (Å²) < 4.78 is 11.8. The highest BCUT2D eigenvalue weighted by Crippen LogP contribution is 2.30. The molecule has 3 rings (SSSR count). The molecule has 146 valence electrons. The maximum Gasteiger partial charge on any atom is 0.161 e. The molecule has 0 aliphatic carbocycles. The van der Waals surface area contributed by atoms with Gasteiger partial charge >= 0.3 is 0 Å². The summed E-state index contributed by atoms with van der Waals surface area (Å²) in [6.07, 6.45) is 0. The summed E-state index contributed by atoms with van der Waals surface area (Å²) in [6, 6.07) is 20.4. The molecule has 3 aromatic rings. The van der Waals surface area contributed by atoms with E-state index in [0.29, 0.717) is 19.8 Å². The van der Waals surface area contributed by atoms with Crippen molar-refractivity contribution in [3.8, 4) is 11.5 Å². The lowest BCUT2D eigenvalue weighted by Gasteiger charge is -2.14. The molecule has 4 heteroatoms. The van der Waals surface area contributed by atoms with Gasteiger partial charge in [-0.05, 0) is 61.7 Å². The molecule has 0 saturated heterocycles. The van der Waals surface area contributed by atoms with E-state index in [1.807, 2.05) is 50.2 Å². The Balaban J connectivity index is 1.68. The minimum absolute atomic E-state index is 0.515. The summed E-state index contributed by atoms with van der Waals surface area (Å²) in [4.78, 5) is 0. The molecule has 0 aliphatic rings. The maximum atomic E-state index is 6.20. The molecular formula is C24H26ClNO2. The van der Waals surface area contributed by atoms with Crippen molar-refractivity contribution in [1.82, 2.24) is 0 Å². The smallest absolute Gasteiger partial charge is 0.161 e. The third kappa shape index (κ3) is 5.43. The van der Waals surface area contributed by atoms with Crippen LogP contribution in [-0.4, -0.2) is 6.61 Å². The lowest BCUT2D eigenvalue weighted by atomic mass is 10.1. The average molecular weight is 396 g/mol. The lowest BCUT2D eigenvalue weighted by molar-refractivity contribution is 0.269. The zero-order valence-electron chi connectivity index (χ0n) is 16.6. The van der Waals surface area contributed by atoms with Crippen molar-refractivity contribution in [2.45, 2.75) is 33.9 Å². The summed E-state index contributed by atoms with van der Waals surface area (Å²) in [5.74, 6) is 1.52. The molecule has 3 aromatic carbocycles. The molecule has 3 nitrogen and oxygen atoms in total. The number of ether oxygens (including phenoxy) is 2. The standard InChI is InChI=1S/C24H26ClNO2/c1-4-27-24-13-19(15-26-21-10-8-18(3)22(25)14-21)9-11-23(24)28-16-20-7-5-6-17(2)12-20/h5-14,26H,4,15-16H2,1-3H3. The quantitative estimate of drug-likeness (QED) is 0.469. The number of hydrogen-bond acceptors (Lipinski definition) is 3. The van der Waals surface area contributed by atoms with E-state index >= 15 is 0 Å². The van der Waals surface area contributed by atoms with Gasteiger partial charge in [-0.1, -0.05) is 53.6 Å². The van der Waals surface area contributed by atoms with Crippen molar-refractivity contribution in [2.75, 3.05) is 11.9 Å². The van der Waals surface area contributed by atoms with Gasteiger partial charge in [0.05, 0.1) is 6.61 Å². The van der Waals surface area contributed by atoms with Crippen LogP contribution in [-0.2, 0) is 13.2 Å². The Kier molecular flexibility index (Phi) is 6.83. The number of anilines is 1. The molecule has 28 heavy (non-hydrogen) atoms. The van der Waals surface area contributed by atoms with Crippen LogP contribution in [0.2, 0.25) is 5.02 Å². The maximum absolute atomic E-state index is 6.20. The third-order valence-corrected chi connectivity index (χ3v) is 4.86. The molecular weight excluding hydrogens is 370 g/mol. The first-order chi connectivity index (χ1) is 13.5. The molecule has 0 amide bonds. The van der Waals surface area contributed by atoms with Crippen LogP contribution < -0.4 is 14.8 Å². The highest BCUT2D eigenvalue weighted by Gasteiger charge is 2.08. The van der Waals surface area contributed by atoms with Crippen molar-refractivity contribution in [3.63, 3.8) is 0 Å². The van der Waals surface area contributed by atoms with E-state index in [1.54, 1.807) is 0 Å². The Morgan fingerprint density at radius 3 is 2.46 bits per heavy atom. The second-order valence-electron chi connectivity index (χ2n) is 6.81. The largest absolute Gasteiger partial charge is 0.490 e. The Labute approximate surface area is 172 Å². The fourth-order valence-corrected chi connectivity index (χ4v) is 3.10. The van der Waals surface area contributed by atoms with Crippen molar-refractivity contribution < 1.29 is 9.47 Å². The molecule has 0 saturated carbocycles. The van der Waals surface area contributed by atoms with Gasteiger partial charge in [-0.2, -0.15) is 0 Å². The van der Waals surface area contributed by atoms with E-state index in [4.69, 9.17) is 21.1 Å².